The molecule has 14 heavy (non-hydrogen) atoms. The van der Waals surface area contributed by atoms with Gasteiger partial charge in [0.1, 0.15) is 0 Å². The lowest BCUT2D eigenvalue weighted by Crippen LogP contribution is -2.10. The second-order valence-corrected chi connectivity index (χ2v) is 3.09. The van der Waals surface area contributed by atoms with Gasteiger partial charge in [0.15, 0.2) is 0 Å². The Hall–Kier alpha value is -1.55. The topological polar surface area (TPSA) is 69.9 Å². The summed E-state index contributed by atoms with van der Waals surface area (Å²) in [5, 5.41) is 0. The number of nitrogens with zero attached hydrogens (tertiary/aromatic N) is 2. The molecule has 1 heterocycles. The molecule has 1 rings (SSSR count). The average molecular weight is 192 g/mol. The highest BCUT2D eigenvalue weighted by molar-refractivity contribution is 5.60. The molecule has 4 nitrogen and oxygen atoms in total. The van der Waals surface area contributed by atoms with Gasteiger partial charge in [0.05, 0.1) is 17.7 Å². The number of allylic oxidation sites excluding steroid dienone is 1. The molecular formula is C10H16N4. The van der Waals surface area contributed by atoms with Gasteiger partial charge in [0.25, 0.3) is 0 Å². The maximum absolute atomic E-state index is 5.63. The summed E-state index contributed by atoms with van der Waals surface area (Å²) in [6.45, 7) is 6.85. The van der Waals surface area contributed by atoms with E-state index in [1.54, 1.807) is 12.4 Å². The standard InChI is InChI=1S/C10H16N4/c1-3-9-10(6-8(2)12)14(5-4-11)7-13-9/h3,6-7H,1,4-5,11-12H2,2H3/b8-6+. The van der Waals surface area contributed by atoms with Crippen LogP contribution >= 0.6 is 0 Å². The van der Waals surface area contributed by atoms with Crippen molar-refractivity contribution in [2.75, 3.05) is 6.54 Å². The van der Waals surface area contributed by atoms with E-state index in [2.05, 4.69) is 11.6 Å². The second kappa shape index (κ2) is 4.62. The van der Waals surface area contributed by atoms with Gasteiger partial charge in [-0.25, -0.2) is 4.98 Å². The van der Waals surface area contributed by atoms with Crippen LogP contribution in [0, 0.1) is 0 Å². The lowest BCUT2D eigenvalue weighted by atomic mass is 10.2. The summed E-state index contributed by atoms with van der Waals surface area (Å²) < 4.78 is 1.97. The van der Waals surface area contributed by atoms with Gasteiger partial charge in [0.2, 0.25) is 0 Å². The summed E-state index contributed by atoms with van der Waals surface area (Å²) in [6, 6.07) is 0. The quantitative estimate of drug-likeness (QED) is 0.741. The van der Waals surface area contributed by atoms with E-state index in [0.717, 1.165) is 23.6 Å². The molecule has 0 saturated heterocycles. The number of nitrogens with two attached hydrogens (primary N) is 2. The van der Waals surface area contributed by atoms with Gasteiger partial charge >= 0.3 is 0 Å². The van der Waals surface area contributed by atoms with Crippen molar-refractivity contribution in [2.45, 2.75) is 13.5 Å². The first-order valence-electron chi connectivity index (χ1n) is 4.50. The normalized spacial score (nSPS) is 11.7. The van der Waals surface area contributed by atoms with Crippen LogP contribution in [0.4, 0.5) is 0 Å². The Balaban J connectivity index is 3.12. The van der Waals surface area contributed by atoms with Gasteiger partial charge in [-0.05, 0) is 19.1 Å². The number of hydrogen-bond donors (Lipinski definition) is 2. The zero-order valence-corrected chi connectivity index (χ0v) is 8.40. The van der Waals surface area contributed by atoms with Crippen LogP contribution in [0.15, 0.2) is 18.6 Å². The monoisotopic (exact) mass is 192 g/mol. The Morgan fingerprint density at radius 3 is 2.93 bits per heavy atom. The summed E-state index contributed by atoms with van der Waals surface area (Å²) in [5.41, 5.74) is 13.7. The molecule has 4 N–H and O–H groups in total. The predicted octanol–water partition coefficient (Wildman–Crippen LogP) is 0.804. The molecule has 0 saturated carbocycles. The fourth-order valence-electron chi connectivity index (χ4n) is 1.25. The third kappa shape index (κ3) is 2.23. The van der Waals surface area contributed by atoms with Crippen LogP contribution in [0.2, 0.25) is 0 Å². The van der Waals surface area contributed by atoms with Crippen molar-refractivity contribution in [3.05, 3.63) is 30.0 Å². The van der Waals surface area contributed by atoms with Crippen molar-refractivity contribution in [2.24, 2.45) is 11.5 Å². The SMILES string of the molecule is C=Cc1ncn(CCN)c1/C=C(\C)N. The average Bonchev–Trinajstić information content (AvgIpc) is 2.48. The first-order chi connectivity index (χ1) is 6.69. The summed E-state index contributed by atoms with van der Waals surface area (Å²) in [5.74, 6) is 0. The van der Waals surface area contributed by atoms with Crippen molar-refractivity contribution in [1.82, 2.24) is 9.55 Å². The van der Waals surface area contributed by atoms with E-state index in [4.69, 9.17) is 11.5 Å². The van der Waals surface area contributed by atoms with Crippen molar-refractivity contribution in [1.29, 1.82) is 0 Å². The molecule has 0 aromatic carbocycles. The maximum atomic E-state index is 5.63. The Labute approximate surface area is 83.9 Å². The zero-order valence-electron chi connectivity index (χ0n) is 8.40. The van der Waals surface area contributed by atoms with Crippen LogP contribution in [0.1, 0.15) is 18.3 Å². The molecule has 4 heteroatoms. The molecule has 0 aliphatic carbocycles. The lowest BCUT2D eigenvalue weighted by Gasteiger charge is -2.03. The Morgan fingerprint density at radius 1 is 1.71 bits per heavy atom. The van der Waals surface area contributed by atoms with Crippen molar-refractivity contribution < 1.29 is 0 Å². The van der Waals surface area contributed by atoms with Crippen molar-refractivity contribution >= 4 is 12.2 Å². The lowest BCUT2D eigenvalue weighted by molar-refractivity contribution is 0.702. The van der Waals surface area contributed by atoms with E-state index in [-0.39, 0.29) is 0 Å². The summed E-state index contributed by atoms with van der Waals surface area (Å²) >= 11 is 0. The van der Waals surface area contributed by atoms with E-state index >= 15 is 0 Å². The predicted molar refractivity (Wildman–Crippen MR) is 59.2 cm³/mol. The molecule has 1 aromatic heterocycles. The number of aromatic nitrogens is 2. The number of hydrogen-bond acceptors (Lipinski definition) is 3. The molecule has 0 atom stereocenters. The van der Waals surface area contributed by atoms with Gasteiger partial charge in [0, 0.05) is 18.8 Å². The highest BCUT2D eigenvalue weighted by Gasteiger charge is 2.04. The first-order valence-corrected chi connectivity index (χ1v) is 4.50. The number of rotatable bonds is 4. The fourth-order valence-corrected chi connectivity index (χ4v) is 1.25. The maximum Gasteiger partial charge on any atom is 0.0958 e. The molecule has 0 unspecified atom stereocenters. The fraction of sp³-hybridized carbons (Fsp3) is 0.300. The van der Waals surface area contributed by atoms with Crippen LogP contribution in [0.25, 0.3) is 12.2 Å². The summed E-state index contributed by atoms with van der Waals surface area (Å²) in [7, 11) is 0. The van der Waals surface area contributed by atoms with Crippen LogP contribution in [0.3, 0.4) is 0 Å². The summed E-state index contributed by atoms with van der Waals surface area (Å²) in [4.78, 5) is 4.20. The highest BCUT2D eigenvalue weighted by atomic mass is 15.1. The molecule has 76 valence electrons. The molecule has 0 aliphatic heterocycles. The molecule has 0 aliphatic rings. The van der Waals surface area contributed by atoms with Crippen LogP contribution in [-0.4, -0.2) is 16.1 Å². The third-order valence-corrected chi connectivity index (χ3v) is 1.84. The van der Waals surface area contributed by atoms with Gasteiger partial charge in [-0.15, -0.1) is 0 Å². The minimum absolute atomic E-state index is 0.581. The Bertz CT molecular complexity index is 345. The van der Waals surface area contributed by atoms with Crippen LogP contribution < -0.4 is 11.5 Å². The van der Waals surface area contributed by atoms with Crippen LogP contribution in [0.5, 0.6) is 0 Å². The van der Waals surface area contributed by atoms with E-state index in [9.17, 15) is 0 Å². The van der Waals surface area contributed by atoms with Crippen LogP contribution in [-0.2, 0) is 6.54 Å². The molecule has 0 spiro atoms. The highest BCUT2D eigenvalue weighted by Crippen LogP contribution is 2.11. The smallest absolute Gasteiger partial charge is 0.0958 e. The first kappa shape index (κ1) is 10.5. The molecule has 1 aromatic rings. The van der Waals surface area contributed by atoms with E-state index in [0.29, 0.717) is 6.54 Å². The molecular weight excluding hydrogens is 176 g/mol. The largest absolute Gasteiger partial charge is 0.402 e. The number of imidazole rings is 1. The second-order valence-electron chi connectivity index (χ2n) is 3.09. The van der Waals surface area contributed by atoms with Gasteiger partial charge in [-0.1, -0.05) is 6.58 Å². The molecule has 0 amide bonds. The molecule has 0 bridgehead atoms. The van der Waals surface area contributed by atoms with Crippen molar-refractivity contribution in [3.8, 4) is 0 Å². The van der Waals surface area contributed by atoms with Gasteiger partial charge in [-0.2, -0.15) is 0 Å². The minimum Gasteiger partial charge on any atom is -0.402 e. The van der Waals surface area contributed by atoms with Crippen molar-refractivity contribution in [3.63, 3.8) is 0 Å². The van der Waals surface area contributed by atoms with Gasteiger partial charge < -0.3 is 16.0 Å². The van der Waals surface area contributed by atoms with E-state index in [1.165, 1.54) is 0 Å². The third-order valence-electron chi connectivity index (χ3n) is 1.84. The molecule has 0 radical (unpaired) electrons. The van der Waals surface area contributed by atoms with E-state index < -0.39 is 0 Å². The van der Waals surface area contributed by atoms with E-state index in [1.807, 2.05) is 17.6 Å². The zero-order chi connectivity index (χ0) is 10.6. The van der Waals surface area contributed by atoms with Gasteiger partial charge in [-0.3, -0.25) is 0 Å². The summed E-state index contributed by atoms with van der Waals surface area (Å²) in [6.07, 6.45) is 5.33. The Morgan fingerprint density at radius 2 is 2.43 bits per heavy atom. The molecule has 0 fully saturated rings. The Kier molecular flexibility index (Phi) is 3.48. The minimum atomic E-state index is 0.581.